The van der Waals surface area contributed by atoms with Crippen molar-refractivity contribution in [1.29, 1.82) is 0 Å². The Morgan fingerprint density at radius 3 is 2.89 bits per heavy atom. The molecule has 2 rings (SSSR count). The number of morpholine rings is 1. The largest absolute Gasteiger partial charge is 0.374 e. The molecule has 2 atom stereocenters. The van der Waals surface area contributed by atoms with Crippen LogP contribution in [0.1, 0.15) is 38.4 Å². The van der Waals surface area contributed by atoms with Crippen LogP contribution in [-0.4, -0.2) is 54.1 Å². The zero-order valence-corrected chi connectivity index (χ0v) is 12.5. The molecule has 0 aliphatic carbocycles. The molecule has 1 aliphatic heterocycles. The second-order valence-corrected chi connectivity index (χ2v) is 5.39. The number of ether oxygens (including phenoxy) is 1. The SMILES string of the molecule is CCN1CCOC(CNC)C1c1cnn(C(C)C)c1. The van der Waals surface area contributed by atoms with E-state index in [2.05, 4.69) is 42.3 Å². The first-order chi connectivity index (χ1) is 9.17. The molecule has 2 heterocycles. The molecule has 108 valence electrons. The van der Waals surface area contributed by atoms with Gasteiger partial charge < -0.3 is 10.1 Å². The highest BCUT2D eigenvalue weighted by molar-refractivity contribution is 5.14. The first-order valence-electron chi connectivity index (χ1n) is 7.21. The van der Waals surface area contributed by atoms with Gasteiger partial charge in [0.2, 0.25) is 0 Å². The van der Waals surface area contributed by atoms with Gasteiger partial charge in [0.1, 0.15) is 0 Å². The summed E-state index contributed by atoms with van der Waals surface area (Å²) >= 11 is 0. The van der Waals surface area contributed by atoms with Crippen molar-refractivity contribution >= 4 is 0 Å². The van der Waals surface area contributed by atoms with Gasteiger partial charge >= 0.3 is 0 Å². The van der Waals surface area contributed by atoms with Crippen LogP contribution in [0, 0.1) is 0 Å². The molecule has 1 fully saturated rings. The molecular weight excluding hydrogens is 240 g/mol. The number of hydrogen-bond acceptors (Lipinski definition) is 4. The minimum absolute atomic E-state index is 0.198. The molecule has 0 saturated carbocycles. The fraction of sp³-hybridized carbons (Fsp3) is 0.786. The monoisotopic (exact) mass is 266 g/mol. The Kier molecular flexibility index (Phi) is 4.96. The highest BCUT2D eigenvalue weighted by Crippen LogP contribution is 2.29. The highest BCUT2D eigenvalue weighted by atomic mass is 16.5. The van der Waals surface area contributed by atoms with Crippen molar-refractivity contribution in [2.45, 2.75) is 39.0 Å². The van der Waals surface area contributed by atoms with Crippen molar-refractivity contribution in [1.82, 2.24) is 20.0 Å². The van der Waals surface area contributed by atoms with Gasteiger partial charge in [-0.25, -0.2) is 0 Å². The molecule has 0 radical (unpaired) electrons. The predicted molar refractivity (Wildman–Crippen MR) is 76.3 cm³/mol. The van der Waals surface area contributed by atoms with E-state index < -0.39 is 0 Å². The van der Waals surface area contributed by atoms with E-state index >= 15 is 0 Å². The summed E-state index contributed by atoms with van der Waals surface area (Å²) in [5, 5.41) is 7.70. The van der Waals surface area contributed by atoms with Crippen LogP contribution < -0.4 is 5.32 Å². The lowest BCUT2D eigenvalue weighted by atomic mass is 10.0. The number of hydrogen-bond donors (Lipinski definition) is 1. The molecule has 2 unspecified atom stereocenters. The summed E-state index contributed by atoms with van der Waals surface area (Å²) in [5.41, 5.74) is 1.26. The summed E-state index contributed by atoms with van der Waals surface area (Å²) in [6.07, 6.45) is 4.35. The van der Waals surface area contributed by atoms with Crippen LogP contribution >= 0.6 is 0 Å². The smallest absolute Gasteiger partial charge is 0.0897 e. The van der Waals surface area contributed by atoms with Crippen LogP contribution in [-0.2, 0) is 4.74 Å². The normalized spacial score (nSPS) is 25.1. The maximum Gasteiger partial charge on any atom is 0.0897 e. The lowest BCUT2D eigenvalue weighted by Crippen LogP contribution is -2.48. The van der Waals surface area contributed by atoms with Gasteiger partial charge in [-0.2, -0.15) is 5.10 Å². The van der Waals surface area contributed by atoms with E-state index in [-0.39, 0.29) is 6.10 Å². The standard InChI is InChI=1S/C14H26N4O/c1-5-17-6-7-19-13(9-15-4)14(17)12-8-16-18(10-12)11(2)3/h8,10-11,13-15H,5-7,9H2,1-4H3. The van der Waals surface area contributed by atoms with Crippen LogP contribution in [0.15, 0.2) is 12.4 Å². The van der Waals surface area contributed by atoms with E-state index in [1.54, 1.807) is 0 Å². The minimum Gasteiger partial charge on any atom is -0.374 e. The summed E-state index contributed by atoms with van der Waals surface area (Å²) in [6.45, 7) is 10.2. The number of nitrogens with one attached hydrogen (secondary N) is 1. The van der Waals surface area contributed by atoms with Crippen molar-refractivity contribution < 1.29 is 4.74 Å². The van der Waals surface area contributed by atoms with E-state index in [9.17, 15) is 0 Å². The van der Waals surface area contributed by atoms with Gasteiger partial charge in [-0.15, -0.1) is 0 Å². The average Bonchev–Trinajstić information content (AvgIpc) is 2.88. The van der Waals surface area contributed by atoms with Crippen molar-refractivity contribution in [3.05, 3.63) is 18.0 Å². The van der Waals surface area contributed by atoms with Gasteiger partial charge in [0.15, 0.2) is 0 Å². The Balaban J connectivity index is 2.23. The lowest BCUT2D eigenvalue weighted by Gasteiger charge is -2.40. The number of likely N-dealkylation sites (N-methyl/N-ethyl adjacent to an activating group) is 2. The first kappa shape index (κ1) is 14.5. The third kappa shape index (κ3) is 3.16. The quantitative estimate of drug-likeness (QED) is 0.876. The van der Waals surface area contributed by atoms with Crippen LogP contribution in [0.4, 0.5) is 0 Å². The molecular formula is C14H26N4O. The van der Waals surface area contributed by atoms with Crippen LogP contribution in [0.3, 0.4) is 0 Å². The third-order valence-corrected chi connectivity index (χ3v) is 3.76. The van der Waals surface area contributed by atoms with Crippen molar-refractivity contribution in [3.8, 4) is 0 Å². The molecule has 0 spiro atoms. The number of nitrogens with zero attached hydrogens (tertiary/aromatic N) is 3. The van der Waals surface area contributed by atoms with Gasteiger partial charge in [0.25, 0.3) is 0 Å². The Hall–Kier alpha value is -0.910. The predicted octanol–water partition coefficient (Wildman–Crippen LogP) is 1.45. The fourth-order valence-corrected chi connectivity index (χ4v) is 2.73. The molecule has 1 N–H and O–H groups in total. The van der Waals surface area contributed by atoms with Crippen LogP contribution in [0.5, 0.6) is 0 Å². The number of rotatable bonds is 5. The summed E-state index contributed by atoms with van der Waals surface area (Å²) in [5.74, 6) is 0. The molecule has 1 aliphatic rings. The zero-order chi connectivity index (χ0) is 13.8. The van der Waals surface area contributed by atoms with Gasteiger partial charge in [-0.05, 0) is 27.4 Å². The molecule has 5 nitrogen and oxygen atoms in total. The van der Waals surface area contributed by atoms with Crippen molar-refractivity contribution in [2.75, 3.05) is 33.3 Å². The molecule has 1 aromatic rings. The Morgan fingerprint density at radius 1 is 1.53 bits per heavy atom. The van der Waals surface area contributed by atoms with Gasteiger partial charge in [-0.3, -0.25) is 9.58 Å². The Morgan fingerprint density at radius 2 is 2.32 bits per heavy atom. The first-order valence-corrected chi connectivity index (χ1v) is 7.21. The van der Waals surface area contributed by atoms with Gasteiger partial charge in [0.05, 0.1) is 24.9 Å². The molecule has 19 heavy (non-hydrogen) atoms. The van der Waals surface area contributed by atoms with Crippen molar-refractivity contribution in [3.63, 3.8) is 0 Å². The fourth-order valence-electron chi connectivity index (χ4n) is 2.73. The highest BCUT2D eigenvalue weighted by Gasteiger charge is 2.33. The maximum atomic E-state index is 5.95. The molecule has 0 aromatic carbocycles. The molecule has 1 aromatic heterocycles. The summed E-state index contributed by atoms with van der Waals surface area (Å²) in [4.78, 5) is 2.48. The molecule has 1 saturated heterocycles. The molecule has 0 bridgehead atoms. The topological polar surface area (TPSA) is 42.3 Å². The Labute approximate surface area is 115 Å². The zero-order valence-electron chi connectivity index (χ0n) is 12.5. The minimum atomic E-state index is 0.198. The van der Waals surface area contributed by atoms with Crippen molar-refractivity contribution in [2.24, 2.45) is 0 Å². The van der Waals surface area contributed by atoms with E-state index in [1.165, 1.54) is 5.56 Å². The molecule has 5 heteroatoms. The van der Waals surface area contributed by atoms with E-state index in [0.29, 0.717) is 12.1 Å². The molecule has 0 amide bonds. The van der Waals surface area contributed by atoms with Gasteiger partial charge in [-0.1, -0.05) is 6.92 Å². The lowest BCUT2D eigenvalue weighted by molar-refractivity contribution is -0.0687. The number of aromatic nitrogens is 2. The second-order valence-electron chi connectivity index (χ2n) is 5.39. The summed E-state index contributed by atoms with van der Waals surface area (Å²) < 4.78 is 7.97. The van der Waals surface area contributed by atoms with Crippen LogP contribution in [0.2, 0.25) is 0 Å². The maximum absolute atomic E-state index is 5.95. The van der Waals surface area contributed by atoms with Crippen LogP contribution in [0.25, 0.3) is 0 Å². The van der Waals surface area contributed by atoms with Gasteiger partial charge in [0, 0.05) is 30.9 Å². The van der Waals surface area contributed by atoms with E-state index in [4.69, 9.17) is 4.74 Å². The van der Waals surface area contributed by atoms with E-state index in [1.807, 2.05) is 17.9 Å². The third-order valence-electron chi connectivity index (χ3n) is 3.76. The second kappa shape index (κ2) is 6.50. The Bertz CT molecular complexity index is 389. The van der Waals surface area contributed by atoms with E-state index in [0.717, 1.165) is 26.2 Å². The summed E-state index contributed by atoms with van der Waals surface area (Å²) in [7, 11) is 1.98. The average molecular weight is 266 g/mol. The summed E-state index contributed by atoms with van der Waals surface area (Å²) in [6, 6.07) is 0.704.